The van der Waals surface area contributed by atoms with Gasteiger partial charge in [-0.3, -0.25) is 9.69 Å². The number of ether oxygens (including phenoxy) is 1. The molecule has 1 aromatic heterocycles. The summed E-state index contributed by atoms with van der Waals surface area (Å²) in [6.45, 7) is 10.8. The van der Waals surface area contributed by atoms with Crippen LogP contribution in [0.1, 0.15) is 55.7 Å². The molecule has 11 heteroatoms. The molecule has 4 rings (SSSR count). The minimum Gasteiger partial charge on any atom is -0.509 e. The zero-order valence-electron chi connectivity index (χ0n) is 24.5. The van der Waals surface area contributed by atoms with Gasteiger partial charge in [0.05, 0.1) is 28.1 Å². The molecule has 1 aliphatic rings. The van der Waals surface area contributed by atoms with Gasteiger partial charge in [0.2, 0.25) is 0 Å². The van der Waals surface area contributed by atoms with Gasteiger partial charge >= 0.3 is 0 Å². The second kappa shape index (κ2) is 12.1. The quantitative estimate of drug-likeness (QED) is 0.354. The summed E-state index contributed by atoms with van der Waals surface area (Å²) in [5.41, 5.74) is 1.97. The average molecular weight is 550 g/mol. The van der Waals surface area contributed by atoms with Gasteiger partial charge in [-0.05, 0) is 59.2 Å². The number of nitrogens with one attached hydrogen (secondary N) is 1. The predicted molar refractivity (Wildman–Crippen MR) is 163 cm³/mol. The van der Waals surface area contributed by atoms with Gasteiger partial charge in [0, 0.05) is 60.9 Å². The number of aryl methyl sites for hydroxylation is 1. The van der Waals surface area contributed by atoms with Gasteiger partial charge in [-0.15, -0.1) is 0 Å². The first-order valence-electron chi connectivity index (χ1n) is 13.8. The van der Waals surface area contributed by atoms with Crippen LogP contribution in [0.5, 0.6) is 5.75 Å². The number of aliphatic hydroxyl groups is 2. The molecule has 41 heavy (non-hydrogen) atoms. The fourth-order valence-corrected chi connectivity index (χ4v) is 5.24. The highest BCUT2D eigenvalue weighted by molar-refractivity contribution is 6.34. The van der Waals surface area contributed by atoms with Crippen LogP contribution < -0.4 is 15.5 Å². The summed E-state index contributed by atoms with van der Waals surface area (Å²) in [5, 5.41) is 28.9. The number of aromatic nitrogens is 2. The Morgan fingerprint density at radius 3 is 2.24 bits per heavy atom. The first kappa shape index (κ1) is 30.9. The number of likely N-dealkylation sites (tertiary alicyclic amines) is 1. The second-order valence-electron chi connectivity index (χ2n) is 12.2. The van der Waals surface area contributed by atoms with E-state index in [-0.39, 0.29) is 17.7 Å². The van der Waals surface area contributed by atoms with E-state index in [1.54, 1.807) is 42.1 Å². The smallest absolute Gasteiger partial charge is 0.259 e. The van der Waals surface area contributed by atoms with Crippen LogP contribution in [0.3, 0.4) is 0 Å². The molecule has 0 saturated carbocycles. The van der Waals surface area contributed by atoms with Crippen molar-refractivity contribution in [1.29, 1.82) is 0 Å². The molecule has 6 radical (unpaired) electrons. The zero-order chi connectivity index (χ0) is 30.1. The fourth-order valence-electron chi connectivity index (χ4n) is 5.24. The number of hydrogen-bond acceptors (Lipinski definition) is 6. The molecular formula is C30H37B3N4O4. The van der Waals surface area contributed by atoms with Crippen LogP contribution in [0.4, 0.5) is 5.69 Å². The molecule has 2 unspecified atom stereocenters. The van der Waals surface area contributed by atoms with Gasteiger partial charge < -0.3 is 20.3 Å². The predicted octanol–water partition coefficient (Wildman–Crippen LogP) is 2.21. The number of benzene rings is 2. The normalized spacial score (nSPS) is 18.4. The highest BCUT2D eigenvalue weighted by atomic mass is 16.5. The molecule has 2 heterocycles. The Morgan fingerprint density at radius 1 is 1.07 bits per heavy atom. The van der Waals surface area contributed by atoms with Crippen molar-refractivity contribution in [2.75, 3.05) is 18.4 Å². The molecule has 3 N–H and O–H groups in total. The maximum absolute atomic E-state index is 13.2. The summed E-state index contributed by atoms with van der Waals surface area (Å²) in [4.78, 5) is 15.4. The van der Waals surface area contributed by atoms with Gasteiger partial charge in [0.15, 0.2) is 0 Å². The summed E-state index contributed by atoms with van der Waals surface area (Å²) in [6, 6.07) is 12.6. The van der Waals surface area contributed by atoms with Gasteiger partial charge in [-0.1, -0.05) is 23.7 Å². The lowest BCUT2D eigenvalue weighted by molar-refractivity contribution is -0.0810. The monoisotopic (exact) mass is 550 g/mol. The molecule has 2 aromatic carbocycles. The van der Waals surface area contributed by atoms with Crippen molar-refractivity contribution in [2.45, 2.75) is 64.7 Å². The van der Waals surface area contributed by atoms with Crippen LogP contribution in [0.15, 0.2) is 48.7 Å². The Labute approximate surface area is 246 Å². The molecule has 210 valence electrons. The third-order valence-electron chi connectivity index (χ3n) is 7.81. The van der Waals surface area contributed by atoms with Crippen molar-refractivity contribution in [2.24, 2.45) is 11.8 Å². The Hall–Kier alpha value is -3.01. The Bertz CT molecular complexity index is 1340. The van der Waals surface area contributed by atoms with Gasteiger partial charge in [0.25, 0.3) is 5.91 Å². The van der Waals surface area contributed by atoms with Crippen molar-refractivity contribution in [1.82, 2.24) is 14.7 Å². The van der Waals surface area contributed by atoms with E-state index >= 15 is 0 Å². The van der Waals surface area contributed by atoms with Crippen molar-refractivity contribution >= 4 is 40.6 Å². The van der Waals surface area contributed by atoms with E-state index < -0.39 is 17.1 Å². The molecule has 2 atom stereocenters. The Morgan fingerprint density at radius 2 is 1.68 bits per heavy atom. The third kappa shape index (κ3) is 7.84. The van der Waals surface area contributed by atoms with Crippen LogP contribution in [0.25, 0.3) is 5.69 Å². The molecule has 1 saturated heterocycles. The molecule has 0 bridgehead atoms. The van der Waals surface area contributed by atoms with Crippen molar-refractivity contribution in [3.63, 3.8) is 0 Å². The summed E-state index contributed by atoms with van der Waals surface area (Å²) >= 11 is 0. The SMILES string of the molecule is [B]c1ccc(-n2cc(C(=O)Nc3ccc(CN4CC(C(C)(C)O)CC(C(C)(C)O)C4)c(OC([B])[B])c3)c(C)n2)cc1. The molecule has 0 spiro atoms. The summed E-state index contributed by atoms with van der Waals surface area (Å²) in [6.07, 6.45) is 2.39. The number of carbonyl (C=O) groups excluding carboxylic acids is 1. The lowest BCUT2D eigenvalue weighted by atomic mass is 9.74. The number of carbonyl (C=O) groups is 1. The van der Waals surface area contributed by atoms with E-state index in [0.29, 0.717) is 47.8 Å². The number of rotatable bonds is 9. The van der Waals surface area contributed by atoms with Crippen LogP contribution in [-0.4, -0.2) is 84.5 Å². The van der Waals surface area contributed by atoms with E-state index in [0.717, 1.165) is 17.7 Å². The van der Waals surface area contributed by atoms with E-state index in [1.165, 1.54) is 0 Å². The zero-order valence-corrected chi connectivity index (χ0v) is 24.5. The fraction of sp³-hybridized carbons (Fsp3) is 0.467. The van der Waals surface area contributed by atoms with Crippen LogP contribution in [0, 0.1) is 18.8 Å². The topological polar surface area (TPSA) is 99.9 Å². The number of hydrogen-bond donors (Lipinski definition) is 3. The number of piperidine rings is 1. The van der Waals surface area contributed by atoms with E-state index in [9.17, 15) is 15.0 Å². The molecular weight excluding hydrogens is 513 g/mol. The summed E-state index contributed by atoms with van der Waals surface area (Å²) in [7, 11) is 17.4. The molecule has 1 amide bonds. The Kier molecular flexibility index (Phi) is 9.12. The maximum Gasteiger partial charge on any atom is 0.259 e. The summed E-state index contributed by atoms with van der Waals surface area (Å²) in [5.74, 6) is -0.987. The molecule has 1 fully saturated rings. The van der Waals surface area contributed by atoms with Crippen molar-refractivity contribution in [3.05, 3.63) is 65.5 Å². The molecule has 3 aromatic rings. The van der Waals surface area contributed by atoms with E-state index in [2.05, 4.69) is 15.3 Å². The van der Waals surface area contributed by atoms with E-state index in [4.69, 9.17) is 28.3 Å². The van der Waals surface area contributed by atoms with Gasteiger partial charge in [0.1, 0.15) is 29.3 Å². The van der Waals surface area contributed by atoms with Crippen LogP contribution in [-0.2, 0) is 6.54 Å². The highest BCUT2D eigenvalue weighted by Crippen LogP contribution is 2.37. The second-order valence-corrected chi connectivity index (χ2v) is 12.2. The Balaban J connectivity index is 1.54. The summed E-state index contributed by atoms with van der Waals surface area (Å²) < 4.78 is 7.38. The van der Waals surface area contributed by atoms with Gasteiger partial charge in [-0.2, -0.15) is 5.10 Å². The third-order valence-corrected chi connectivity index (χ3v) is 7.81. The molecule has 8 nitrogen and oxygen atoms in total. The molecule has 1 aliphatic heterocycles. The molecule has 0 aliphatic carbocycles. The number of amides is 1. The largest absolute Gasteiger partial charge is 0.509 e. The lowest BCUT2D eigenvalue weighted by Gasteiger charge is -2.46. The number of anilines is 1. The first-order valence-corrected chi connectivity index (χ1v) is 13.8. The standard InChI is InChI=1S/C30H37B3N4O4/c1-18-25(17-37(35-18)24-10-7-22(31)8-11-24)27(38)34-23-9-6-19(26(13-23)41-28(32)33)14-36-15-20(29(2,3)39)12-21(16-36)30(4,5)40/h6-11,13,17,20-21,28,39-40H,12,14-16H2,1-5H3,(H,34,38). The average Bonchev–Trinajstić information content (AvgIpc) is 3.26. The van der Waals surface area contributed by atoms with E-state index in [1.807, 2.05) is 45.9 Å². The number of nitrogens with zero attached hydrogens (tertiary/aromatic N) is 3. The maximum atomic E-state index is 13.2. The van der Waals surface area contributed by atoms with Crippen LogP contribution >= 0.6 is 0 Å². The van der Waals surface area contributed by atoms with Gasteiger partial charge in [-0.25, -0.2) is 4.68 Å². The van der Waals surface area contributed by atoms with Crippen molar-refractivity contribution in [3.8, 4) is 11.4 Å². The minimum atomic E-state index is -1.06. The van der Waals surface area contributed by atoms with Crippen molar-refractivity contribution < 1.29 is 19.7 Å². The first-order chi connectivity index (χ1) is 19.1. The minimum absolute atomic E-state index is 0.0234. The lowest BCUT2D eigenvalue weighted by Crippen LogP contribution is -2.52. The highest BCUT2D eigenvalue weighted by Gasteiger charge is 2.40. The van der Waals surface area contributed by atoms with Crippen LogP contribution in [0.2, 0.25) is 0 Å².